The molecule has 1 saturated heterocycles. The van der Waals surface area contributed by atoms with Crippen LogP contribution in [0.3, 0.4) is 0 Å². The highest BCUT2D eigenvalue weighted by atomic mass is 32.2. The summed E-state index contributed by atoms with van der Waals surface area (Å²) in [5.41, 5.74) is 0.289. The van der Waals surface area contributed by atoms with Gasteiger partial charge in [-0.15, -0.1) is 0 Å². The third-order valence-corrected chi connectivity index (χ3v) is 3.78. The molecule has 2 rings (SSSR count). The van der Waals surface area contributed by atoms with Crippen molar-refractivity contribution in [1.29, 1.82) is 0 Å². The number of hydrogen-bond donors (Lipinski definition) is 2. The minimum atomic E-state index is -0.408. The van der Waals surface area contributed by atoms with Gasteiger partial charge in [0.15, 0.2) is 0 Å². The van der Waals surface area contributed by atoms with Crippen LogP contribution in [0.5, 0.6) is 0 Å². The van der Waals surface area contributed by atoms with E-state index in [4.69, 9.17) is 0 Å². The Kier molecular flexibility index (Phi) is 3.00. The van der Waals surface area contributed by atoms with Gasteiger partial charge in [-0.2, -0.15) is 11.8 Å². The van der Waals surface area contributed by atoms with Crippen LogP contribution in [0.4, 0.5) is 4.39 Å². The number of H-pyrrole nitrogens is 1. The van der Waals surface area contributed by atoms with E-state index in [1.54, 1.807) is 0 Å². The SMILES string of the molecule is CC1CC(NC(=O)c2cc(F)c[nH]2)CS1. The van der Waals surface area contributed by atoms with E-state index >= 15 is 0 Å². The van der Waals surface area contributed by atoms with Gasteiger partial charge in [0.2, 0.25) is 0 Å². The van der Waals surface area contributed by atoms with Gasteiger partial charge in [0.25, 0.3) is 5.91 Å². The highest BCUT2D eigenvalue weighted by Gasteiger charge is 2.23. The fourth-order valence-corrected chi connectivity index (χ4v) is 2.83. The number of nitrogens with one attached hydrogen (secondary N) is 2. The lowest BCUT2D eigenvalue weighted by Gasteiger charge is -2.10. The van der Waals surface area contributed by atoms with Crippen molar-refractivity contribution in [2.24, 2.45) is 0 Å². The minimum absolute atomic E-state index is 0.212. The lowest BCUT2D eigenvalue weighted by Crippen LogP contribution is -2.35. The van der Waals surface area contributed by atoms with Crippen molar-refractivity contribution < 1.29 is 9.18 Å². The number of hydrogen-bond acceptors (Lipinski definition) is 2. The van der Waals surface area contributed by atoms with Crippen LogP contribution in [0.25, 0.3) is 0 Å². The second-order valence-corrected chi connectivity index (χ2v) is 5.25. The summed E-state index contributed by atoms with van der Waals surface area (Å²) in [6.07, 6.45) is 2.17. The van der Waals surface area contributed by atoms with Crippen molar-refractivity contribution >= 4 is 17.7 Å². The Labute approximate surface area is 91.8 Å². The van der Waals surface area contributed by atoms with E-state index in [1.807, 2.05) is 11.8 Å². The molecule has 2 heterocycles. The monoisotopic (exact) mass is 228 g/mol. The Morgan fingerprint density at radius 3 is 3.07 bits per heavy atom. The molecule has 0 saturated carbocycles. The zero-order valence-electron chi connectivity index (χ0n) is 8.42. The largest absolute Gasteiger partial charge is 0.355 e. The van der Waals surface area contributed by atoms with Crippen LogP contribution in [0.1, 0.15) is 23.8 Å². The van der Waals surface area contributed by atoms with Crippen molar-refractivity contribution in [3.63, 3.8) is 0 Å². The van der Waals surface area contributed by atoms with Crippen molar-refractivity contribution in [3.8, 4) is 0 Å². The first-order valence-corrected chi connectivity index (χ1v) is 5.96. The van der Waals surface area contributed by atoms with Gasteiger partial charge < -0.3 is 10.3 Å². The molecule has 82 valence electrons. The summed E-state index contributed by atoms with van der Waals surface area (Å²) < 4.78 is 12.6. The number of aromatic amines is 1. The predicted octanol–water partition coefficient (Wildman–Crippen LogP) is 1.78. The van der Waals surface area contributed by atoms with Gasteiger partial charge in [0.05, 0.1) is 0 Å². The summed E-state index contributed by atoms with van der Waals surface area (Å²) in [5, 5.41) is 3.47. The standard InChI is InChI=1S/C10H13FN2OS/c1-6-2-8(5-15-6)13-10(14)9-3-7(11)4-12-9/h3-4,6,8,12H,2,5H2,1H3,(H,13,14). The molecule has 1 aliphatic heterocycles. The smallest absolute Gasteiger partial charge is 0.268 e. The van der Waals surface area contributed by atoms with Gasteiger partial charge in [-0.05, 0) is 6.42 Å². The van der Waals surface area contributed by atoms with E-state index in [9.17, 15) is 9.18 Å². The van der Waals surface area contributed by atoms with Crippen molar-refractivity contribution in [2.75, 3.05) is 5.75 Å². The molecule has 2 N–H and O–H groups in total. The van der Waals surface area contributed by atoms with Crippen molar-refractivity contribution in [3.05, 3.63) is 23.8 Å². The van der Waals surface area contributed by atoms with E-state index in [0.717, 1.165) is 12.2 Å². The Balaban J connectivity index is 1.92. The molecule has 2 atom stereocenters. The molecule has 1 amide bonds. The van der Waals surface area contributed by atoms with Gasteiger partial charge in [0.1, 0.15) is 11.5 Å². The number of amides is 1. The number of aromatic nitrogens is 1. The van der Waals surface area contributed by atoms with Gasteiger partial charge >= 0.3 is 0 Å². The zero-order valence-corrected chi connectivity index (χ0v) is 9.23. The quantitative estimate of drug-likeness (QED) is 0.810. The third-order valence-electron chi connectivity index (χ3n) is 2.43. The van der Waals surface area contributed by atoms with E-state index < -0.39 is 5.82 Å². The summed E-state index contributed by atoms with van der Waals surface area (Å²) in [6.45, 7) is 2.14. The molecular weight excluding hydrogens is 215 g/mol. The molecule has 1 fully saturated rings. The molecule has 15 heavy (non-hydrogen) atoms. The lowest BCUT2D eigenvalue weighted by atomic mass is 10.2. The van der Waals surface area contributed by atoms with Crippen LogP contribution in [0.15, 0.2) is 12.3 Å². The molecule has 0 bridgehead atoms. The maximum absolute atomic E-state index is 12.6. The molecule has 1 aromatic heterocycles. The molecule has 5 heteroatoms. The van der Waals surface area contributed by atoms with Crippen molar-refractivity contribution in [2.45, 2.75) is 24.6 Å². The van der Waals surface area contributed by atoms with Crippen LogP contribution in [0, 0.1) is 5.82 Å². The van der Waals surface area contributed by atoms with Gasteiger partial charge in [-0.3, -0.25) is 4.79 Å². The van der Waals surface area contributed by atoms with E-state index in [1.165, 1.54) is 12.3 Å². The van der Waals surface area contributed by atoms with Crippen LogP contribution < -0.4 is 5.32 Å². The summed E-state index contributed by atoms with van der Waals surface area (Å²) in [7, 11) is 0. The fourth-order valence-electron chi connectivity index (χ4n) is 1.68. The Bertz CT molecular complexity index is 366. The van der Waals surface area contributed by atoms with E-state index in [-0.39, 0.29) is 17.6 Å². The van der Waals surface area contributed by atoms with Gasteiger partial charge in [0, 0.05) is 29.3 Å². The molecule has 2 unspecified atom stereocenters. The lowest BCUT2D eigenvalue weighted by molar-refractivity contribution is 0.0936. The number of rotatable bonds is 2. The van der Waals surface area contributed by atoms with E-state index in [0.29, 0.717) is 5.25 Å². The molecule has 0 radical (unpaired) electrons. The maximum atomic E-state index is 12.6. The molecule has 1 aliphatic rings. The maximum Gasteiger partial charge on any atom is 0.268 e. The van der Waals surface area contributed by atoms with Crippen LogP contribution >= 0.6 is 11.8 Å². The number of thioether (sulfide) groups is 1. The highest BCUT2D eigenvalue weighted by Crippen LogP contribution is 2.25. The summed E-state index contributed by atoms with van der Waals surface area (Å²) in [6, 6.07) is 1.42. The molecule has 0 aliphatic carbocycles. The Morgan fingerprint density at radius 1 is 1.73 bits per heavy atom. The van der Waals surface area contributed by atoms with Crippen molar-refractivity contribution in [1.82, 2.24) is 10.3 Å². The second kappa shape index (κ2) is 4.26. The average molecular weight is 228 g/mol. The first kappa shape index (κ1) is 10.5. The predicted molar refractivity (Wildman–Crippen MR) is 58.5 cm³/mol. The molecule has 0 aromatic carbocycles. The first-order valence-electron chi connectivity index (χ1n) is 4.91. The number of halogens is 1. The fraction of sp³-hybridized carbons (Fsp3) is 0.500. The molecule has 0 spiro atoms. The van der Waals surface area contributed by atoms with Crippen LogP contribution in [-0.2, 0) is 0 Å². The average Bonchev–Trinajstić information content (AvgIpc) is 2.75. The summed E-state index contributed by atoms with van der Waals surface area (Å²) >= 11 is 1.85. The summed E-state index contributed by atoms with van der Waals surface area (Å²) in [4.78, 5) is 14.2. The Morgan fingerprint density at radius 2 is 2.53 bits per heavy atom. The number of carbonyl (C=O) groups is 1. The minimum Gasteiger partial charge on any atom is -0.355 e. The van der Waals surface area contributed by atoms with Gasteiger partial charge in [-0.1, -0.05) is 6.92 Å². The normalized spacial score (nSPS) is 25.5. The first-order chi connectivity index (χ1) is 7.15. The zero-order chi connectivity index (χ0) is 10.8. The Hall–Kier alpha value is -0.970. The molecule has 1 aromatic rings. The van der Waals surface area contributed by atoms with Crippen LogP contribution in [-0.4, -0.2) is 27.9 Å². The topological polar surface area (TPSA) is 44.9 Å². The third kappa shape index (κ3) is 2.53. The summed E-state index contributed by atoms with van der Waals surface area (Å²) in [5.74, 6) is 0.309. The highest BCUT2D eigenvalue weighted by molar-refractivity contribution is 8.00. The molecular formula is C10H13FN2OS. The second-order valence-electron chi connectivity index (χ2n) is 3.78. The van der Waals surface area contributed by atoms with E-state index in [2.05, 4.69) is 17.2 Å². The number of carbonyl (C=O) groups excluding carboxylic acids is 1. The van der Waals surface area contributed by atoms with Gasteiger partial charge in [-0.25, -0.2) is 4.39 Å². The molecule has 3 nitrogen and oxygen atoms in total. The van der Waals surface area contributed by atoms with Crippen LogP contribution in [0.2, 0.25) is 0 Å².